The molecule has 1 heterocycles. The molecule has 0 unspecified atom stereocenters. The zero-order valence-electron chi connectivity index (χ0n) is 6.28. The lowest BCUT2D eigenvalue weighted by Gasteiger charge is -1.92. The number of imidazole rings is 1. The summed E-state index contributed by atoms with van der Waals surface area (Å²) in [6, 6.07) is 0. The lowest BCUT2D eigenvalue weighted by atomic mass is 10.2. The number of hydrogen-bond donors (Lipinski definition) is 2. The number of Topliss-reactive ketones (excluding diaryl/α,β-unsaturated/α-hetero) is 1. The topological polar surface area (TPSA) is 83.0 Å². The number of aromatic nitrogens is 2. The van der Waals surface area contributed by atoms with Crippen molar-refractivity contribution in [2.24, 2.45) is 0 Å². The molecule has 1 aromatic rings. The van der Waals surface area contributed by atoms with E-state index in [2.05, 4.69) is 9.97 Å². The van der Waals surface area contributed by atoms with Crippen LogP contribution in [-0.2, 0) is 4.79 Å². The van der Waals surface area contributed by atoms with Crippen LogP contribution in [0.3, 0.4) is 0 Å². The highest BCUT2D eigenvalue weighted by Crippen LogP contribution is 2.00. The lowest BCUT2D eigenvalue weighted by Crippen LogP contribution is -2.03. The van der Waals surface area contributed by atoms with Crippen molar-refractivity contribution in [1.82, 2.24) is 9.97 Å². The van der Waals surface area contributed by atoms with E-state index in [-0.39, 0.29) is 18.6 Å². The molecule has 0 aromatic carbocycles. The normalized spacial score (nSPS) is 9.67. The second kappa shape index (κ2) is 3.66. The fourth-order valence-corrected chi connectivity index (χ4v) is 0.764. The van der Waals surface area contributed by atoms with E-state index in [9.17, 15) is 9.59 Å². The number of aromatic amines is 1. The first-order valence-electron chi connectivity index (χ1n) is 3.43. The average Bonchev–Trinajstić information content (AvgIpc) is 2.51. The van der Waals surface area contributed by atoms with Crippen LogP contribution < -0.4 is 0 Å². The molecular weight excluding hydrogens is 160 g/mol. The van der Waals surface area contributed by atoms with Gasteiger partial charge in [0.2, 0.25) is 0 Å². The van der Waals surface area contributed by atoms with Gasteiger partial charge in [-0.15, -0.1) is 0 Å². The number of carboxylic acid groups (broad SMARTS) is 1. The molecule has 64 valence electrons. The minimum Gasteiger partial charge on any atom is -0.481 e. The molecule has 12 heavy (non-hydrogen) atoms. The minimum absolute atomic E-state index is 0.0114. The summed E-state index contributed by atoms with van der Waals surface area (Å²) in [5, 5.41) is 8.28. The molecule has 0 aliphatic rings. The number of aliphatic carboxylic acids is 1. The SMILES string of the molecule is O=C(O)CCC(=O)c1cnc[nH]1. The highest BCUT2D eigenvalue weighted by molar-refractivity contribution is 5.95. The van der Waals surface area contributed by atoms with Crippen LogP contribution in [0.4, 0.5) is 0 Å². The van der Waals surface area contributed by atoms with Gasteiger partial charge in [0.15, 0.2) is 5.78 Å². The van der Waals surface area contributed by atoms with Gasteiger partial charge >= 0.3 is 5.97 Å². The van der Waals surface area contributed by atoms with Crippen molar-refractivity contribution in [1.29, 1.82) is 0 Å². The number of ketones is 1. The molecule has 0 atom stereocenters. The van der Waals surface area contributed by atoms with Gasteiger partial charge in [-0.25, -0.2) is 4.98 Å². The van der Waals surface area contributed by atoms with Gasteiger partial charge < -0.3 is 10.1 Å². The smallest absolute Gasteiger partial charge is 0.303 e. The van der Waals surface area contributed by atoms with Crippen LogP contribution in [0.2, 0.25) is 0 Å². The van der Waals surface area contributed by atoms with E-state index in [0.29, 0.717) is 5.69 Å². The predicted molar refractivity (Wildman–Crippen MR) is 39.8 cm³/mol. The van der Waals surface area contributed by atoms with Crippen LogP contribution >= 0.6 is 0 Å². The van der Waals surface area contributed by atoms with E-state index in [1.54, 1.807) is 0 Å². The Morgan fingerprint density at radius 3 is 2.75 bits per heavy atom. The quantitative estimate of drug-likeness (QED) is 0.639. The van der Waals surface area contributed by atoms with Crippen LogP contribution in [0.25, 0.3) is 0 Å². The minimum atomic E-state index is -0.970. The van der Waals surface area contributed by atoms with E-state index in [4.69, 9.17) is 5.11 Å². The molecule has 5 heteroatoms. The molecule has 0 amide bonds. The molecule has 2 N–H and O–H groups in total. The number of rotatable bonds is 4. The summed E-state index contributed by atoms with van der Waals surface area (Å²) in [4.78, 5) is 27.4. The second-order valence-electron chi connectivity index (χ2n) is 2.28. The number of carbonyl (C=O) groups excluding carboxylic acids is 1. The Hall–Kier alpha value is -1.65. The third kappa shape index (κ3) is 2.19. The zero-order valence-corrected chi connectivity index (χ0v) is 6.28. The van der Waals surface area contributed by atoms with Crippen LogP contribution in [0.15, 0.2) is 12.5 Å². The summed E-state index contributed by atoms with van der Waals surface area (Å²) in [5.41, 5.74) is 0.358. The van der Waals surface area contributed by atoms with Crippen molar-refractivity contribution < 1.29 is 14.7 Å². The molecule has 0 aliphatic heterocycles. The molecule has 0 fully saturated rings. The highest BCUT2D eigenvalue weighted by Gasteiger charge is 2.08. The zero-order chi connectivity index (χ0) is 8.97. The van der Waals surface area contributed by atoms with Gasteiger partial charge in [0.05, 0.1) is 18.9 Å². The Morgan fingerprint density at radius 1 is 1.50 bits per heavy atom. The molecule has 0 aliphatic carbocycles. The third-order valence-electron chi connectivity index (χ3n) is 1.36. The van der Waals surface area contributed by atoms with Crippen molar-refractivity contribution in [2.45, 2.75) is 12.8 Å². The van der Waals surface area contributed by atoms with E-state index >= 15 is 0 Å². The van der Waals surface area contributed by atoms with E-state index in [0.717, 1.165) is 0 Å². The van der Waals surface area contributed by atoms with Crippen molar-refractivity contribution in [2.75, 3.05) is 0 Å². The first kappa shape index (κ1) is 8.45. The van der Waals surface area contributed by atoms with Gasteiger partial charge in [0.1, 0.15) is 5.69 Å². The van der Waals surface area contributed by atoms with Crippen molar-refractivity contribution in [3.05, 3.63) is 18.2 Å². The number of carbonyl (C=O) groups is 2. The summed E-state index contributed by atoms with van der Waals surface area (Å²) in [7, 11) is 0. The maximum Gasteiger partial charge on any atom is 0.303 e. The standard InChI is InChI=1S/C7H8N2O3/c10-6(1-2-7(11)12)5-3-8-4-9-5/h3-4H,1-2H2,(H,8,9)(H,11,12). The summed E-state index contributed by atoms with van der Waals surface area (Å²) in [5.74, 6) is -1.20. The van der Waals surface area contributed by atoms with Gasteiger partial charge in [0, 0.05) is 6.42 Å². The number of carboxylic acids is 1. The Morgan fingerprint density at radius 2 is 2.25 bits per heavy atom. The van der Waals surface area contributed by atoms with E-state index < -0.39 is 5.97 Å². The van der Waals surface area contributed by atoms with Crippen molar-refractivity contribution in [3.63, 3.8) is 0 Å². The molecule has 0 saturated carbocycles. The fourth-order valence-electron chi connectivity index (χ4n) is 0.764. The number of nitrogens with zero attached hydrogens (tertiary/aromatic N) is 1. The molecule has 5 nitrogen and oxygen atoms in total. The summed E-state index contributed by atoms with van der Waals surface area (Å²) >= 11 is 0. The molecule has 0 bridgehead atoms. The average molecular weight is 168 g/mol. The van der Waals surface area contributed by atoms with Gasteiger partial charge in [0.25, 0.3) is 0 Å². The van der Waals surface area contributed by atoms with Gasteiger partial charge in [-0.05, 0) is 0 Å². The molecule has 1 rings (SSSR count). The maximum absolute atomic E-state index is 11.1. The highest BCUT2D eigenvalue weighted by atomic mass is 16.4. The summed E-state index contributed by atoms with van der Waals surface area (Å²) < 4.78 is 0. The second-order valence-corrected chi connectivity index (χ2v) is 2.28. The van der Waals surface area contributed by atoms with Crippen LogP contribution in [0.1, 0.15) is 23.3 Å². The van der Waals surface area contributed by atoms with Crippen LogP contribution in [0, 0.1) is 0 Å². The van der Waals surface area contributed by atoms with Gasteiger partial charge in [-0.1, -0.05) is 0 Å². The molecular formula is C7H8N2O3. The number of hydrogen-bond acceptors (Lipinski definition) is 3. The third-order valence-corrected chi connectivity index (χ3v) is 1.36. The maximum atomic E-state index is 11.1. The Labute approximate surface area is 68.4 Å². The predicted octanol–water partition coefficient (Wildman–Crippen LogP) is 0.457. The molecule has 1 aromatic heterocycles. The fraction of sp³-hybridized carbons (Fsp3) is 0.286. The summed E-state index contributed by atoms with van der Waals surface area (Å²) in [6.45, 7) is 0. The van der Waals surface area contributed by atoms with Crippen molar-refractivity contribution in [3.8, 4) is 0 Å². The first-order valence-corrected chi connectivity index (χ1v) is 3.43. The van der Waals surface area contributed by atoms with Crippen LogP contribution in [0.5, 0.6) is 0 Å². The van der Waals surface area contributed by atoms with E-state index in [1.807, 2.05) is 0 Å². The van der Waals surface area contributed by atoms with Gasteiger partial charge in [-0.3, -0.25) is 9.59 Å². The Bertz CT molecular complexity index is 279. The summed E-state index contributed by atoms with van der Waals surface area (Å²) in [6.07, 6.45) is 2.63. The van der Waals surface area contributed by atoms with Crippen LogP contribution in [-0.4, -0.2) is 26.8 Å². The lowest BCUT2D eigenvalue weighted by molar-refractivity contribution is -0.136. The molecule has 0 saturated heterocycles. The first-order chi connectivity index (χ1) is 5.70. The number of H-pyrrole nitrogens is 1. The molecule has 0 spiro atoms. The Balaban J connectivity index is 2.45. The van der Waals surface area contributed by atoms with E-state index in [1.165, 1.54) is 12.5 Å². The van der Waals surface area contributed by atoms with Gasteiger partial charge in [-0.2, -0.15) is 0 Å². The monoisotopic (exact) mass is 168 g/mol. The van der Waals surface area contributed by atoms with Crippen molar-refractivity contribution >= 4 is 11.8 Å². The molecule has 0 radical (unpaired) electrons. The largest absolute Gasteiger partial charge is 0.481 e. The Kier molecular flexibility index (Phi) is 2.57. The number of nitrogens with one attached hydrogen (secondary N) is 1.